The van der Waals surface area contributed by atoms with E-state index in [0.29, 0.717) is 12.5 Å². The first-order valence-electron chi connectivity index (χ1n) is 4.64. The van der Waals surface area contributed by atoms with Crippen LogP contribution in [0.1, 0.15) is 26.7 Å². The Balaban J connectivity index is 2.59. The van der Waals surface area contributed by atoms with Crippen molar-refractivity contribution < 1.29 is 20.1 Å². The first-order valence-corrected chi connectivity index (χ1v) is 4.64. The summed E-state index contributed by atoms with van der Waals surface area (Å²) in [6.07, 6.45) is -1.67. The van der Waals surface area contributed by atoms with Crippen molar-refractivity contribution in [1.29, 1.82) is 0 Å². The number of hydrogen-bond donors (Lipinski definition) is 3. The first kappa shape index (κ1) is 10.9. The second-order valence-corrected chi connectivity index (χ2v) is 3.47. The Hall–Kier alpha value is -0.160. The van der Waals surface area contributed by atoms with E-state index in [0.717, 1.165) is 6.42 Å². The highest BCUT2D eigenvalue weighted by Crippen LogP contribution is 2.28. The maximum absolute atomic E-state index is 9.48. The van der Waals surface area contributed by atoms with Crippen LogP contribution in [0.4, 0.5) is 0 Å². The Morgan fingerprint density at radius 3 is 2.38 bits per heavy atom. The van der Waals surface area contributed by atoms with Crippen LogP contribution in [0.15, 0.2) is 0 Å². The van der Waals surface area contributed by atoms with Gasteiger partial charge < -0.3 is 20.1 Å². The van der Waals surface area contributed by atoms with Gasteiger partial charge in [-0.25, -0.2) is 0 Å². The summed E-state index contributed by atoms with van der Waals surface area (Å²) in [5, 5.41) is 28.3. The molecule has 0 aromatic rings. The zero-order valence-electron chi connectivity index (χ0n) is 7.97. The summed E-state index contributed by atoms with van der Waals surface area (Å²) in [4.78, 5) is 0. The standard InChI is InChI=1S/C9H17O4/c1-3-4-6-8(11)9(12)7(10)5(2)13-6/h5,7-12H,3-4H2,1-2H3/t5-,7-,8-,9+/m0/s1. The van der Waals surface area contributed by atoms with E-state index in [1.807, 2.05) is 6.92 Å². The highest BCUT2D eigenvalue weighted by atomic mass is 16.5. The fraction of sp³-hybridized carbons (Fsp3) is 0.889. The van der Waals surface area contributed by atoms with E-state index in [1.54, 1.807) is 6.92 Å². The Bertz CT molecular complexity index is 162. The minimum atomic E-state index is -1.12. The van der Waals surface area contributed by atoms with Crippen LogP contribution < -0.4 is 0 Å². The van der Waals surface area contributed by atoms with Gasteiger partial charge in [-0.05, 0) is 13.3 Å². The smallest absolute Gasteiger partial charge is 0.129 e. The molecule has 4 heteroatoms. The summed E-state index contributed by atoms with van der Waals surface area (Å²) >= 11 is 0. The van der Waals surface area contributed by atoms with Crippen molar-refractivity contribution in [3.05, 3.63) is 6.10 Å². The number of aliphatic hydroxyl groups excluding tert-OH is 3. The Morgan fingerprint density at radius 2 is 1.85 bits per heavy atom. The molecule has 0 unspecified atom stereocenters. The van der Waals surface area contributed by atoms with Crippen LogP contribution in [0.5, 0.6) is 0 Å². The van der Waals surface area contributed by atoms with Crippen molar-refractivity contribution in [3.63, 3.8) is 0 Å². The molecule has 3 N–H and O–H groups in total. The van der Waals surface area contributed by atoms with Crippen LogP contribution in [-0.4, -0.2) is 39.7 Å². The van der Waals surface area contributed by atoms with Crippen LogP contribution in [0.2, 0.25) is 0 Å². The molecule has 1 radical (unpaired) electrons. The average Bonchev–Trinajstić information content (AvgIpc) is 2.11. The molecule has 0 aliphatic carbocycles. The topological polar surface area (TPSA) is 69.9 Å². The van der Waals surface area contributed by atoms with Crippen LogP contribution in [0, 0.1) is 6.10 Å². The molecule has 0 saturated carbocycles. The lowest BCUT2D eigenvalue weighted by Gasteiger charge is -2.38. The molecular formula is C9H17O4. The van der Waals surface area contributed by atoms with E-state index in [9.17, 15) is 15.3 Å². The van der Waals surface area contributed by atoms with E-state index < -0.39 is 24.4 Å². The summed E-state index contributed by atoms with van der Waals surface area (Å²) in [5.41, 5.74) is 0. The van der Waals surface area contributed by atoms with Crippen molar-refractivity contribution in [2.24, 2.45) is 0 Å². The molecule has 1 saturated heterocycles. The molecule has 1 fully saturated rings. The van der Waals surface area contributed by atoms with Gasteiger partial charge in [-0.1, -0.05) is 13.3 Å². The second kappa shape index (κ2) is 4.37. The van der Waals surface area contributed by atoms with Crippen LogP contribution in [0.25, 0.3) is 0 Å². The van der Waals surface area contributed by atoms with Gasteiger partial charge >= 0.3 is 0 Å². The van der Waals surface area contributed by atoms with Crippen molar-refractivity contribution >= 4 is 0 Å². The van der Waals surface area contributed by atoms with Crippen molar-refractivity contribution in [1.82, 2.24) is 0 Å². The third kappa shape index (κ3) is 2.20. The van der Waals surface area contributed by atoms with Crippen molar-refractivity contribution in [2.75, 3.05) is 0 Å². The monoisotopic (exact) mass is 189 g/mol. The van der Waals surface area contributed by atoms with Gasteiger partial charge in [-0.2, -0.15) is 0 Å². The molecule has 0 aromatic carbocycles. The summed E-state index contributed by atoms with van der Waals surface area (Å²) < 4.78 is 5.28. The highest BCUT2D eigenvalue weighted by molar-refractivity contribution is 5.00. The van der Waals surface area contributed by atoms with E-state index in [-0.39, 0.29) is 0 Å². The van der Waals surface area contributed by atoms with Crippen LogP contribution in [0.3, 0.4) is 0 Å². The van der Waals surface area contributed by atoms with Gasteiger partial charge in [0.05, 0.1) is 6.10 Å². The van der Waals surface area contributed by atoms with Gasteiger partial charge in [-0.15, -0.1) is 0 Å². The Labute approximate surface area is 78.1 Å². The molecule has 77 valence electrons. The maximum Gasteiger partial charge on any atom is 0.129 e. The molecule has 1 rings (SSSR count). The largest absolute Gasteiger partial charge is 0.388 e. The van der Waals surface area contributed by atoms with Crippen LogP contribution >= 0.6 is 0 Å². The van der Waals surface area contributed by atoms with Crippen molar-refractivity contribution in [3.8, 4) is 0 Å². The van der Waals surface area contributed by atoms with Crippen molar-refractivity contribution in [2.45, 2.75) is 51.1 Å². The summed E-state index contributed by atoms with van der Waals surface area (Å²) in [5.74, 6) is 0. The van der Waals surface area contributed by atoms with Gasteiger partial charge in [0.2, 0.25) is 0 Å². The molecule has 1 aliphatic heterocycles. The molecule has 4 atom stereocenters. The number of rotatable bonds is 2. The normalized spacial score (nSPS) is 42.2. The van der Waals surface area contributed by atoms with Crippen LogP contribution in [-0.2, 0) is 4.74 Å². The van der Waals surface area contributed by atoms with E-state index in [2.05, 4.69) is 0 Å². The third-order valence-corrected chi connectivity index (χ3v) is 2.32. The minimum Gasteiger partial charge on any atom is -0.388 e. The molecule has 0 spiro atoms. The fourth-order valence-electron chi connectivity index (χ4n) is 1.49. The quantitative estimate of drug-likeness (QED) is 0.563. The molecular weight excluding hydrogens is 172 g/mol. The van der Waals surface area contributed by atoms with E-state index in [1.165, 1.54) is 0 Å². The lowest BCUT2D eigenvalue weighted by Crippen LogP contribution is -2.53. The maximum atomic E-state index is 9.48. The fourth-order valence-corrected chi connectivity index (χ4v) is 1.49. The third-order valence-electron chi connectivity index (χ3n) is 2.32. The first-order chi connectivity index (χ1) is 6.07. The summed E-state index contributed by atoms with van der Waals surface area (Å²) in [6.45, 7) is 3.64. The van der Waals surface area contributed by atoms with Gasteiger partial charge in [-0.3, -0.25) is 0 Å². The van der Waals surface area contributed by atoms with Gasteiger partial charge in [0.25, 0.3) is 0 Å². The second-order valence-electron chi connectivity index (χ2n) is 3.47. The molecule has 1 aliphatic rings. The molecule has 0 bridgehead atoms. The average molecular weight is 189 g/mol. The zero-order valence-corrected chi connectivity index (χ0v) is 7.97. The Kier molecular flexibility index (Phi) is 3.67. The zero-order chi connectivity index (χ0) is 10.0. The van der Waals surface area contributed by atoms with Gasteiger partial charge in [0.15, 0.2) is 0 Å². The van der Waals surface area contributed by atoms with Gasteiger partial charge in [0.1, 0.15) is 24.4 Å². The predicted molar refractivity (Wildman–Crippen MR) is 46.7 cm³/mol. The van der Waals surface area contributed by atoms with E-state index in [4.69, 9.17) is 4.74 Å². The van der Waals surface area contributed by atoms with E-state index >= 15 is 0 Å². The lowest BCUT2D eigenvalue weighted by atomic mass is 9.93. The number of ether oxygens (including phenoxy) is 1. The Morgan fingerprint density at radius 1 is 1.23 bits per heavy atom. The molecule has 1 heterocycles. The molecule has 0 aromatic heterocycles. The number of hydrogen-bond acceptors (Lipinski definition) is 4. The minimum absolute atomic E-state index is 0.444. The SMILES string of the molecule is CCC[C]1O[C@@H](C)[C@H](O)[C@@H](O)[C@H]1O. The molecule has 13 heavy (non-hydrogen) atoms. The molecule has 4 nitrogen and oxygen atoms in total. The number of aliphatic hydroxyl groups is 3. The molecule has 0 amide bonds. The summed E-state index contributed by atoms with van der Waals surface area (Å²) in [6, 6.07) is 0. The highest BCUT2D eigenvalue weighted by Gasteiger charge is 2.41. The van der Waals surface area contributed by atoms with Gasteiger partial charge in [0, 0.05) is 0 Å². The predicted octanol–water partition coefficient (Wildman–Crippen LogP) is -0.180. The lowest BCUT2D eigenvalue weighted by molar-refractivity contribution is -0.178. The summed E-state index contributed by atoms with van der Waals surface area (Å²) in [7, 11) is 0.